The number of nitrogens with one attached hydrogen (secondary N) is 1. The van der Waals surface area contributed by atoms with Gasteiger partial charge in [-0.3, -0.25) is 9.69 Å². The zero-order valence-corrected chi connectivity index (χ0v) is 19.3. The van der Waals surface area contributed by atoms with E-state index in [0.29, 0.717) is 23.0 Å². The predicted molar refractivity (Wildman–Crippen MR) is 126 cm³/mol. The minimum atomic E-state index is -0.144. The van der Waals surface area contributed by atoms with Gasteiger partial charge in [-0.15, -0.1) is 0 Å². The molecule has 1 aromatic heterocycles. The van der Waals surface area contributed by atoms with Crippen LogP contribution in [0.15, 0.2) is 54.6 Å². The summed E-state index contributed by atoms with van der Waals surface area (Å²) in [6.07, 6.45) is 1.80. The zero-order valence-electron chi connectivity index (χ0n) is 18.6. The topological polar surface area (TPSA) is 59.4 Å². The number of nitrogens with zero attached hydrogens (tertiary/aromatic N) is 3. The van der Waals surface area contributed by atoms with Gasteiger partial charge in [0.2, 0.25) is 0 Å². The Hall–Kier alpha value is -2.83. The first-order valence-corrected chi connectivity index (χ1v) is 11.3. The summed E-state index contributed by atoms with van der Waals surface area (Å²) in [6.45, 7) is 5.06. The van der Waals surface area contributed by atoms with Gasteiger partial charge in [0.25, 0.3) is 5.91 Å². The summed E-state index contributed by atoms with van der Waals surface area (Å²) in [5.74, 6) is 0.774. The molecule has 3 aromatic rings. The van der Waals surface area contributed by atoms with Crippen molar-refractivity contribution < 1.29 is 9.53 Å². The number of halogens is 1. The molecule has 2 heterocycles. The second kappa shape index (κ2) is 10.2. The highest BCUT2D eigenvalue weighted by Gasteiger charge is 2.25. The first kappa shape index (κ1) is 22.4. The Morgan fingerprint density at radius 1 is 1.09 bits per heavy atom. The van der Waals surface area contributed by atoms with Gasteiger partial charge in [0.05, 0.1) is 24.9 Å². The number of aryl methyl sites for hydroxylation is 1. The Balaban J connectivity index is 1.34. The zero-order chi connectivity index (χ0) is 22.5. The van der Waals surface area contributed by atoms with Crippen LogP contribution in [0.2, 0.25) is 5.15 Å². The van der Waals surface area contributed by atoms with Crippen molar-refractivity contribution >= 4 is 17.5 Å². The van der Waals surface area contributed by atoms with Crippen LogP contribution in [0, 0.1) is 6.92 Å². The predicted octanol–water partition coefficient (Wildman–Crippen LogP) is 4.30. The largest absolute Gasteiger partial charge is 0.496 e. The van der Waals surface area contributed by atoms with Crippen LogP contribution in [-0.2, 0) is 13.1 Å². The van der Waals surface area contributed by atoms with Crippen LogP contribution in [-0.4, -0.2) is 46.8 Å². The fourth-order valence-corrected chi connectivity index (χ4v) is 4.56. The maximum absolute atomic E-state index is 13.0. The maximum Gasteiger partial charge on any atom is 0.256 e. The van der Waals surface area contributed by atoms with Crippen molar-refractivity contribution in [1.29, 1.82) is 0 Å². The summed E-state index contributed by atoms with van der Waals surface area (Å²) in [6, 6.07) is 18.2. The normalized spacial score (nSPS) is 15.0. The molecule has 2 aromatic carbocycles. The molecule has 4 rings (SSSR count). The fourth-order valence-electron chi connectivity index (χ4n) is 4.24. The summed E-state index contributed by atoms with van der Waals surface area (Å²) in [5, 5.41) is 8.06. The molecular weight excluding hydrogens is 424 g/mol. The Labute approximate surface area is 194 Å². The van der Waals surface area contributed by atoms with E-state index in [4.69, 9.17) is 16.3 Å². The van der Waals surface area contributed by atoms with Crippen LogP contribution in [0.3, 0.4) is 0 Å². The van der Waals surface area contributed by atoms with Crippen LogP contribution in [0.4, 0.5) is 0 Å². The molecule has 7 heteroatoms. The van der Waals surface area contributed by atoms with E-state index < -0.39 is 0 Å². The monoisotopic (exact) mass is 452 g/mol. The first-order chi connectivity index (χ1) is 15.5. The summed E-state index contributed by atoms with van der Waals surface area (Å²) in [7, 11) is 1.70. The highest BCUT2D eigenvalue weighted by molar-refractivity contribution is 6.33. The van der Waals surface area contributed by atoms with E-state index in [9.17, 15) is 4.79 Å². The van der Waals surface area contributed by atoms with E-state index in [-0.39, 0.29) is 11.9 Å². The van der Waals surface area contributed by atoms with Gasteiger partial charge in [0.1, 0.15) is 10.9 Å². The molecule has 1 saturated heterocycles. The summed E-state index contributed by atoms with van der Waals surface area (Å²) in [4.78, 5) is 15.4. The van der Waals surface area contributed by atoms with Crippen molar-refractivity contribution in [1.82, 2.24) is 20.0 Å². The Bertz CT molecular complexity index is 1060. The smallest absolute Gasteiger partial charge is 0.256 e. The van der Waals surface area contributed by atoms with Crippen LogP contribution >= 0.6 is 11.6 Å². The lowest BCUT2D eigenvalue weighted by atomic mass is 10.0. The molecule has 0 spiro atoms. The van der Waals surface area contributed by atoms with Gasteiger partial charge in [-0.25, -0.2) is 4.68 Å². The second-order valence-electron chi connectivity index (χ2n) is 8.23. The van der Waals surface area contributed by atoms with Crippen molar-refractivity contribution in [2.75, 3.05) is 20.2 Å². The first-order valence-electron chi connectivity index (χ1n) is 11.0. The quantitative estimate of drug-likeness (QED) is 0.580. The summed E-state index contributed by atoms with van der Waals surface area (Å²) < 4.78 is 7.16. The Morgan fingerprint density at radius 2 is 1.78 bits per heavy atom. The molecule has 1 amide bonds. The third kappa shape index (κ3) is 5.14. The minimum absolute atomic E-state index is 0.129. The van der Waals surface area contributed by atoms with E-state index in [1.54, 1.807) is 11.8 Å². The SMILES string of the molecule is COc1ccccc1CN1CCC(NC(=O)c2c(C)nn(Cc3ccccc3)c2Cl)CC1. The number of hydrogen-bond acceptors (Lipinski definition) is 4. The third-order valence-electron chi connectivity index (χ3n) is 5.98. The van der Waals surface area contributed by atoms with E-state index in [1.807, 2.05) is 55.5 Å². The lowest BCUT2D eigenvalue weighted by molar-refractivity contribution is 0.0908. The molecule has 0 saturated carbocycles. The van der Waals surface area contributed by atoms with Crippen LogP contribution in [0.25, 0.3) is 0 Å². The van der Waals surface area contributed by atoms with Gasteiger partial charge >= 0.3 is 0 Å². The molecule has 32 heavy (non-hydrogen) atoms. The van der Waals surface area contributed by atoms with E-state index in [2.05, 4.69) is 21.4 Å². The Morgan fingerprint density at radius 3 is 2.50 bits per heavy atom. The number of hydrogen-bond donors (Lipinski definition) is 1. The van der Waals surface area contributed by atoms with Crippen LogP contribution < -0.4 is 10.1 Å². The number of ether oxygens (including phenoxy) is 1. The number of methoxy groups -OCH3 is 1. The van der Waals surface area contributed by atoms with Gasteiger partial charge in [0.15, 0.2) is 0 Å². The molecule has 1 fully saturated rings. The van der Waals surface area contributed by atoms with Crippen molar-refractivity contribution in [3.63, 3.8) is 0 Å². The van der Waals surface area contributed by atoms with Crippen LogP contribution in [0.1, 0.15) is 40.0 Å². The van der Waals surface area contributed by atoms with Crippen molar-refractivity contribution in [2.24, 2.45) is 0 Å². The molecule has 0 atom stereocenters. The lowest BCUT2D eigenvalue weighted by Gasteiger charge is -2.32. The number of rotatable bonds is 7. The lowest BCUT2D eigenvalue weighted by Crippen LogP contribution is -2.44. The number of amides is 1. The molecule has 0 aliphatic carbocycles. The molecule has 0 radical (unpaired) electrons. The number of benzene rings is 2. The second-order valence-corrected chi connectivity index (χ2v) is 8.59. The number of carbonyl (C=O) groups is 1. The van der Waals surface area contributed by atoms with Crippen LogP contribution in [0.5, 0.6) is 5.75 Å². The molecular formula is C25H29ClN4O2. The maximum atomic E-state index is 13.0. The molecule has 0 unspecified atom stereocenters. The molecule has 1 aliphatic rings. The number of carbonyl (C=O) groups excluding carboxylic acids is 1. The number of aromatic nitrogens is 2. The molecule has 168 valence electrons. The van der Waals surface area contributed by atoms with Gasteiger partial charge < -0.3 is 10.1 Å². The molecule has 6 nitrogen and oxygen atoms in total. The average molecular weight is 453 g/mol. The molecule has 0 bridgehead atoms. The van der Waals surface area contributed by atoms with Crippen molar-refractivity contribution in [3.8, 4) is 5.75 Å². The number of para-hydroxylation sites is 1. The van der Waals surface area contributed by atoms with Crippen molar-refractivity contribution in [2.45, 2.75) is 38.9 Å². The third-order valence-corrected chi connectivity index (χ3v) is 6.36. The van der Waals surface area contributed by atoms with E-state index in [1.165, 1.54) is 5.56 Å². The number of likely N-dealkylation sites (tertiary alicyclic amines) is 1. The molecule has 1 aliphatic heterocycles. The molecule has 1 N–H and O–H groups in total. The van der Waals surface area contributed by atoms with E-state index >= 15 is 0 Å². The van der Waals surface area contributed by atoms with Crippen molar-refractivity contribution in [3.05, 3.63) is 82.1 Å². The fraction of sp³-hybridized carbons (Fsp3) is 0.360. The average Bonchev–Trinajstić information content (AvgIpc) is 3.09. The number of piperidine rings is 1. The highest BCUT2D eigenvalue weighted by Crippen LogP contribution is 2.23. The van der Waals surface area contributed by atoms with E-state index in [0.717, 1.165) is 43.8 Å². The minimum Gasteiger partial charge on any atom is -0.496 e. The summed E-state index contributed by atoms with van der Waals surface area (Å²) >= 11 is 6.55. The van der Waals surface area contributed by atoms with Gasteiger partial charge in [-0.05, 0) is 31.4 Å². The van der Waals surface area contributed by atoms with Gasteiger partial charge in [-0.1, -0.05) is 60.1 Å². The highest BCUT2D eigenvalue weighted by atomic mass is 35.5. The summed E-state index contributed by atoms with van der Waals surface area (Å²) in [5.41, 5.74) is 3.40. The standard InChI is InChI=1S/C25H29ClN4O2/c1-18-23(24(26)30(28-18)16-19-8-4-3-5-9-19)25(31)27-21-12-14-29(15-13-21)17-20-10-6-7-11-22(20)32-2/h3-11,21H,12-17H2,1-2H3,(H,27,31). The Kier molecular flexibility index (Phi) is 7.12. The van der Waals surface area contributed by atoms with Gasteiger partial charge in [0, 0.05) is 31.2 Å². The van der Waals surface area contributed by atoms with Gasteiger partial charge in [-0.2, -0.15) is 5.10 Å².